The van der Waals surface area contributed by atoms with Crippen LogP contribution in [-0.4, -0.2) is 34.2 Å². The van der Waals surface area contributed by atoms with Gasteiger partial charge in [-0.3, -0.25) is 4.79 Å². The standard InChI is InChI=1S/C23H29NO5/c1-13-21(17-9-7-15(26-3)11-19(17)28-5)24-22(14(2)23(13)25)18-10-8-16(27-4)12-20(18)29-6/h7-14,21-22,24H,1-6H3/t13-,14+,21+,22-. The average Bonchev–Trinajstić information content (AvgIpc) is 2.77. The van der Waals surface area contributed by atoms with E-state index >= 15 is 0 Å². The maximum atomic E-state index is 13.2. The Morgan fingerprint density at radius 2 is 1.10 bits per heavy atom. The molecule has 0 aromatic heterocycles. The van der Waals surface area contributed by atoms with Crippen molar-refractivity contribution >= 4 is 5.78 Å². The molecule has 2 aromatic rings. The van der Waals surface area contributed by atoms with Crippen molar-refractivity contribution in [3.05, 3.63) is 47.5 Å². The average molecular weight is 399 g/mol. The molecule has 0 saturated carbocycles. The molecule has 0 radical (unpaired) electrons. The first-order chi connectivity index (χ1) is 13.9. The third-order valence-corrected chi connectivity index (χ3v) is 5.81. The van der Waals surface area contributed by atoms with Crippen LogP contribution in [0.25, 0.3) is 0 Å². The molecule has 3 rings (SSSR count). The third-order valence-electron chi connectivity index (χ3n) is 5.81. The van der Waals surface area contributed by atoms with Gasteiger partial charge in [0.15, 0.2) is 0 Å². The number of carbonyl (C=O) groups is 1. The highest BCUT2D eigenvalue weighted by atomic mass is 16.5. The van der Waals surface area contributed by atoms with Crippen molar-refractivity contribution in [1.82, 2.24) is 5.32 Å². The Hall–Kier alpha value is -2.73. The summed E-state index contributed by atoms with van der Waals surface area (Å²) in [7, 11) is 6.49. The van der Waals surface area contributed by atoms with Crippen LogP contribution in [0.5, 0.6) is 23.0 Å². The summed E-state index contributed by atoms with van der Waals surface area (Å²) in [4.78, 5) is 13.2. The van der Waals surface area contributed by atoms with E-state index in [4.69, 9.17) is 18.9 Å². The van der Waals surface area contributed by atoms with Gasteiger partial charge in [0.05, 0.1) is 28.4 Å². The van der Waals surface area contributed by atoms with Crippen molar-refractivity contribution in [2.75, 3.05) is 28.4 Å². The van der Waals surface area contributed by atoms with Crippen LogP contribution < -0.4 is 24.3 Å². The fourth-order valence-electron chi connectivity index (χ4n) is 4.09. The van der Waals surface area contributed by atoms with Gasteiger partial charge in [0.25, 0.3) is 0 Å². The molecule has 6 nitrogen and oxygen atoms in total. The molecule has 0 amide bonds. The summed E-state index contributed by atoms with van der Waals surface area (Å²) in [5.74, 6) is 2.60. The maximum absolute atomic E-state index is 13.2. The van der Waals surface area contributed by atoms with E-state index in [1.807, 2.05) is 50.2 Å². The highest BCUT2D eigenvalue weighted by Gasteiger charge is 2.42. The largest absolute Gasteiger partial charge is 0.497 e. The van der Waals surface area contributed by atoms with E-state index in [0.717, 1.165) is 11.1 Å². The molecule has 0 bridgehead atoms. The summed E-state index contributed by atoms with van der Waals surface area (Å²) < 4.78 is 21.8. The first-order valence-electron chi connectivity index (χ1n) is 9.68. The normalized spacial score (nSPS) is 24.1. The number of carbonyl (C=O) groups excluding carboxylic acids is 1. The van der Waals surface area contributed by atoms with Crippen LogP contribution in [-0.2, 0) is 4.79 Å². The lowest BCUT2D eigenvalue weighted by Crippen LogP contribution is -2.46. The minimum Gasteiger partial charge on any atom is -0.497 e. The van der Waals surface area contributed by atoms with Gasteiger partial charge in [0.2, 0.25) is 0 Å². The fourth-order valence-corrected chi connectivity index (χ4v) is 4.09. The van der Waals surface area contributed by atoms with Gasteiger partial charge >= 0.3 is 0 Å². The Labute approximate surface area is 172 Å². The third kappa shape index (κ3) is 3.90. The number of methoxy groups -OCH3 is 4. The Balaban J connectivity index is 2.03. The van der Waals surface area contributed by atoms with Gasteiger partial charge in [-0.25, -0.2) is 0 Å². The summed E-state index contributed by atoms with van der Waals surface area (Å²) in [6.45, 7) is 3.92. The summed E-state index contributed by atoms with van der Waals surface area (Å²) in [5, 5.41) is 3.68. The molecule has 6 heteroatoms. The molecule has 0 aliphatic carbocycles. The van der Waals surface area contributed by atoms with Gasteiger partial charge in [-0.05, 0) is 12.1 Å². The van der Waals surface area contributed by atoms with Crippen LogP contribution in [0.15, 0.2) is 36.4 Å². The highest BCUT2D eigenvalue weighted by Crippen LogP contribution is 2.44. The lowest BCUT2D eigenvalue weighted by molar-refractivity contribution is -0.130. The van der Waals surface area contributed by atoms with E-state index in [1.54, 1.807) is 28.4 Å². The van der Waals surface area contributed by atoms with Crippen molar-refractivity contribution < 1.29 is 23.7 Å². The molecule has 1 fully saturated rings. The molecule has 4 atom stereocenters. The molecule has 29 heavy (non-hydrogen) atoms. The summed E-state index contributed by atoms with van der Waals surface area (Å²) in [6.07, 6.45) is 0. The van der Waals surface area contributed by atoms with Gasteiger partial charge < -0.3 is 24.3 Å². The lowest BCUT2D eigenvalue weighted by atomic mass is 9.76. The number of ether oxygens (including phenoxy) is 4. The molecule has 0 spiro atoms. The van der Waals surface area contributed by atoms with Gasteiger partial charge in [-0.1, -0.05) is 26.0 Å². The predicted octanol–water partition coefficient (Wildman–Crippen LogP) is 3.95. The summed E-state index contributed by atoms with van der Waals surface area (Å²) >= 11 is 0. The van der Waals surface area contributed by atoms with Crippen LogP contribution in [0, 0.1) is 11.8 Å². The predicted molar refractivity (Wildman–Crippen MR) is 111 cm³/mol. The van der Waals surface area contributed by atoms with Crippen LogP contribution in [0.1, 0.15) is 37.1 Å². The molecule has 1 aliphatic heterocycles. The van der Waals surface area contributed by atoms with Crippen LogP contribution in [0.4, 0.5) is 0 Å². The van der Waals surface area contributed by atoms with Crippen LogP contribution in [0.2, 0.25) is 0 Å². The zero-order valence-electron chi connectivity index (χ0n) is 17.8. The minimum atomic E-state index is -0.201. The number of nitrogens with one attached hydrogen (secondary N) is 1. The first-order valence-corrected chi connectivity index (χ1v) is 9.68. The second-order valence-electron chi connectivity index (χ2n) is 7.32. The topological polar surface area (TPSA) is 66.0 Å². The number of ketones is 1. The SMILES string of the molecule is COc1ccc([C@H]2N[C@@H](c3ccc(OC)cc3OC)[C@H](C)C(=O)[C@@H]2C)c(OC)c1. The zero-order chi connectivity index (χ0) is 21.1. The van der Waals surface area contributed by atoms with E-state index in [1.165, 1.54) is 0 Å². The second kappa shape index (κ2) is 8.74. The van der Waals surface area contributed by atoms with Gasteiger partial charge in [-0.2, -0.15) is 0 Å². The number of hydrogen-bond donors (Lipinski definition) is 1. The van der Waals surface area contributed by atoms with E-state index in [2.05, 4.69) is 5.32 Å². The van der Waals surface area contributed by atoms with Crippen molar-refractivity contribution in [2.24, 2.45) is 11.8 Å². The highest BCUT2D eigenvalue weighted by molar-refractivity contribution is 5.86. The lowest BCUT2D eigenvalue weighted by Gasteiger charge is -2.40. The van der Waals surface area contributed by atoms with Gasteiger partial charge in [0, 0.05) is 47.2 Å². The second-order valence-corrected chi connectivity index (χ2v) is 7.32. The van der Waals surface area contributed by atoms with Gasteiger partial charge in [0.1, 0.15) is 28.8 Å². The Kier molecular flexibility index (Phi) is 6.33. The monoisotopic (exact) mass is 399 g/mol. The summed E-state index contributed by atoms with van der Waals surface area (Å²) in [5.41, 5.74) is 1.86. The molecular weight excluding hydrogens is 370 g/mol. The minimum absolute atomic E-state index is 0.198. The molecule has 156 valence electrons. The number of rotatable bonds is 6. The molecule has 1 saturated heterocycles. The molecule has 1 heterocycles. The van der Waals surface area contributed by atoms with E-state index in [-0.39, 0.29) is 29.7 Å². The number of Topliss-reactive ketones (excluding diaryl/α,β-unsaturated/α-hetero) is 1. The van der Waals surface area contributed by atoms with Crippen molar-refractivity contribution in [3.8, 4) is 23.0 Å². The van der Waals surface area contributed by atoms with Crippen molar-refractivity contribution in [3.63, 3.8) is 0 Å². The fraction of sp³-hybridized carbons (Fsp3) is 0.435. The molecule has 1 N–H and O–H groups in total. The van der Waals surface area contributed by atoms with Crippen LogP contribution in [0.3, 0.4) is 0 Å². The molecule has 0 unspecified atom stereocenters. The molecule has 2 aromatic carbocycles. The van der Waals surface area contributed by atoms with E-state index in [9.17, 15) is 4.79 Å². The Morgan fingerprint density at radius 3 is 1.45 bits per heavy atom. The molecular formula is C23H29NO5. The van der Waals surface area contributed by atoms with E-state index < -0.39 is 0 Å². The number of hydrogen-bond acceptors (Lipinski definition) is 6. The Morgan fingerprint density at radius 1 is 0.690 bits per heavy atom. The zero-order valence-corrected chi connectivity index (χ0v) is 17.8. The smallest absolute Gasteiger partial charge is 0.142 e. The summed E-state index contributed by atoms with van der Waals surface area (Å²) in [6, 6.07) is 11.0. The number of benzene rings is 2. The van der Waals surface area contributed by atoms with Crippen LogP contribution >= 0.6 is 0 Å². The number of piperidine rings is 1. The van der Waals surface area contributed by atoms with E-state index in [0.29, 0.717) is 23.0 Å². The first kappa shape index (κ1) is 21.0. The maximum Gasteiger partial charge on any atom is 0.142 e. The Bertz CT molecular complexity index is 812. The van der Waals surface area contributed by atoms with Crippen molar-refractivity contribution in [1.29, 1.82) is 0 Å². The molecule has 1 aliphatic rings. The quantitative estimate of drug-likeness (QED) is 0.794. The van der Waals surface area contributed by atoms with Gasteiger partial charge in [-0.15, -0.1) is 0 Å². The van der Waals surface area contributed by atoms with Crippen molar-refractivity contribution in [2.45, 2.75) is 25.9 Å².